The molecule has 0 atom stereocenters. The molecule has 124 valence electrons. The number of rotatable bonds is 4. The SMILES string of the molecule is CCc1cc(C(=O)Nc2nc3ccc(NC(C)=O)cc3s2)sc1C. The smallest absolute Gasteiger partial charge is 0.267 e. The number of amides is 2. The van der Waals surface area contributed by atoms with Crippen LogP contribution in [0.1, 0.15) is 34.0 Å². The second-order valence-electron chi connectivity index (χ2n) is 5.38. The molecule has 5 nitrogen and oxygen atoms in total. The van der Waals surface area contributed by atoms with Gasteiger partial charge in [0, 0.05) is 17.5 Å². The van der Waals surface area contributed by atoms with E-state index in [-0.39, 0.29) is 11.8 Å². The van der Waals surface area contributed by atoms with Crippen LogP contribution in [0.25, 0.3) is 10.2 Å². The van der Waals surface area contributed by atoms with Gasteiger partial charge in [0.2, 0.25) is 5.91 Å². The molecule has 2 aromatic heterocycles. The van der Waals surface area contributed by atoms with E-state index < -0.39 is 0 Å². The van der Waals surface area contributed by atoms with Gasteiger partial charge in [0.1, 0.15) is 0 Å². The summed E-state index contributed by atoms with van der Waals surface area (Å²) in [5.74, 6) is -0.254. The zero-order chi connectivity index (χ0) is 17.3. The van der Waals surface area contributed by atoms with E-state index in [1.807, 2.05) is 25.1 Å². The number of carbonyl (C=O) groups is 2. The van der Waals surface area contributed by atoms with Crippen molar-refractivity contribution in [1.29, 1.82) is 0 Å². The van der Waals surface area contributed by atoms with Crippen LogP contribution in [0.15, 0.2) is 24.3 Å². The molecule has 0 fully saturated rings. The van der Waals surface area contributed by atoms with Crippen molar-refractivity contribution in [3.63, 3.8) is 0 Å². The normalized spacial score (nSPS) is 10.8. The molecule has 2 amide bonds. The van der Waals surface area contributed by atoms with Crippen LogP contribution in [0.2, 0.25) is 0 Å². The minimum absolute atomic E-state index is 0.118. The Hall–Kier alpha value is -2.25. The molecule has 2 heterocycles. The summed E-state index contributed by atoms with van der Waals surface area (Å²) in [6.45, 7) is 5.58. The molecule has 0 aliphatic carbocycles. The molecule has 0 aliphatic heterocycles. The van der Waals surface area contributed by atoms with Crippen molar-refractivity contribution < 1.29 is 9.59 Å². The van der Waals surface area contributed by atoms with Crippen LogP contribution < -0.4 is 10.6 Å². The van der Waals surface area contributed by atoms with Crippen LogP contribution in [-0.2, 0) is 11.2 Å². The van der Waals surface area contributed by atoms with E-state index >= 15 is 0 Å². The number of thiazole rings is 1. The van der Waals surface area contributed by atoms with E-state index in [1.165, 1.54) is 40.0 Å². The molecular formula is C17H17N3O2S2. The van der Waals surface area contributed by atoms with Gasteiger partial charge in [-0.25, -0.2) is 4.98 Å². The molecule has 0 bridgehead atoms. The molecule has 0 aliphatic rings. The van der Waals surface area contributed by atoms with Gasteiger partial charge in [-0.05, 0) is 43.2 Å². The third kappa shape index (κ3) is 3.47. The zero-order valence-electron chi connectivity index (χ0n) is 13.6. The number of nitrogens with one attached hydrogen (secondary N) is 2. The van der Waals surface area contributed by atoms with E-state index in [9.17, 15) is 9.59 Å². The topological polar surface area (TPSA) is 71.1 Å². The summed E-state index contributed by atoms with van der Waals surface area (Å²) in [4.78, 5) is 29.8. The lowest BCUT2D eigenvalue weighted by Gasteiger charge is -1.99. The highest BCUT2D eigenvalue weighted by Gasteiger charge is 2.14. The van der Waals surface area contributed by atoms with Gasteiger partial charge in [0.05, 0.1) is 15.1 Å². The minimum atomic E-state index is -0.135. The number of fused-ring (bicyclic) bond motifs is 1. The number of thiophene rings is 1. The minimum Gasteiger partial charge on any atom is -0.326 e. The number of anilines is 2. The quantitative estimate of drug-likeness (QED) is 0.723. The molecule has 2 N–H and O–H groups in total. The molecule has 0 radical (unpaired) electrons. The Bertz CT molecular complexity index is 927. The van der Waals surface area contributed by atoms with Crippen molar-refractivity contribution in [2.75, 3.05) is 10.6 Å². The molecule has 0 saturated carbocycles. The summed E-state index contributed by atoms with van der Waals surface area (Å²) < 4.78 is 0.910. The standard InChI is InChI=1S/C17H17N3O2S2/c1-4-11-7-15(23-9(11)2)16(22)20-17-19-13-6-5-12(18-10(3)21)8-14(13)24-17/h5-8H,4H2,1-3H3,(H,18,21)(H,19,20,22). The van der Waals surface area contributed by atoms with Crippen molar-refractivity contribution in [2.45, 2.75) is 27.2 Å². The number of hydrogen-bond acceptors (Lipinski definition) is 5. The van der Waals surface area contributed by atoms with Gasteiger partial charge in [0.15, 0.2) is 5.13 Å². The highest BCUT2D eigenvalue weighted by Crippen LogP contribution is 2.29. The number of carbonyl (C=O) groups excluding carboxylic acids is 2. The van der Waals surface area contributed by atoms with Crippen LogP contribution in [-0.4, -0.2) is 16.8 Å². The summed E-state index contributed by atoms with van der Waals surface area (Å²) >= 11 is 2.89. The zero-order valence-corrected chi connectivity index (χ0v) is 15.2. The van der Waals surface area contributed by atoms with E-state index in [2.05, 4.69) is 22.5 Å². The molecule has 24 heavy (non-hydrogen) atoms. The molecule has 3 aromatic rings. The molecule has 3 rings (SSSR count). The first-order valence-electron chi connectivity index (χ1n) is 7.55. The highest BCUT2D eigenvalue weighted by atomic mass is 32.1. The molecule has 0 spiro atoms. The van der Waals surface area contributed by atoms with Gasteiger partial charge in [-0.15, -0.1) is 11.3 Å². The van der Waals surface area contributed by atoms with Gasteiger partial charge >= 0.3 is 0 Å². The van der Waals surface area contributed by atoms with E-state index in [1.54, 1.807) is 6.07 Å². The maximum atomic E-state index is 12.4. The molecular weight excluding hydrogens is 342 g/mol. The Morgan fingerprint density at radius 1 is 1.17 bits per heavy atom. The Morgan fingerprint density at radius 2 is 1.96 bits per heavy atom. The van der Waals surface area contributed by atoms with Crippen molar-refractivity contribution >= 4 is 55.5 Å². The van der Waals surface area contributed by atoms with Crippen LogP contribution in [0.3, 0.4) is 0 Å². The van der Waals surface area contributed by atoms with Gasteiger partial charge in [-0.2, -0.15) is 0 Å². The lowest BCUT2D eigenvalue weighted by atomic mass is 10.2. The van der Waals surface area contributed by atoms with Crippen molar-refractivity contribution in [3.8, 4) is 0 Å². The van der Waals surface area contributed by atoms with E-state index in [0.29, 0.717) is 10.0 Å². The maximum Gasteiger partial charge on any atom is 0.267 e. The Balaban J connectivity index is 1.81. The van der Waals surface area contributed by atoms with Crippen molar-refractivity contribution in [3.05, 3.63) is 39.6 Å². The number of benzene rings is 1. The van der Waals surface area contributed by atoms with Gasteiger partial charge in [0.25, 0.3) is 5.91 Å². The van der Waals surface area contributed by atoms with Crippen LogP contribution in [0, 0.1) is 6.92 Å². The molecule has 0 unspecified atom stereocenters. The second-order valence-corrected chi connectivity index (χ2v) is 7.67. The predicted molar refractivity (Wildman–Crippen MR) is 100 cm³/mol. The Labute approximate surface area is 147 Å². The predicted octanol–water partition coefficient (Wildman–Crippen LogP) is 4.44. The summed E-state index contributed by atoms with van der Waals surface area (Å²) in [6.07, 6.45) is 0.919. The third-order valence-corrected chi connectivity index (χ3v) is 5.58. The van der Waals surface area contributed by atoms with E-state index in [0.717, 1.165) is 22.3 Å². The fraction of sp³-hybridized carbons (Fsp3) is 0.235. The lowest BCUT2D eigenvalue weighted by Crippen LogP contribution is -2.09. The summed E-state index contributed by atoms with van der Waals surface area (Å²) in [5.41, 5.74) is 2.72. The first-order valence-corrected chi connectivity index (χ1v) is 9.18. The summed E-state index contributed by atoms with van der Waals surface area (Å²) in [5, 5.41) is 6.16. The van der Waals surface area contributed by atoms with Gasteiger partial charge in [-0.1, -0.05) is 18.3 Å². The number of aryl methyl sites for hydroxylation is 2. The highest BCUT2D eigenvalue weighted by molar-refractivity contribution is 7.22. The summed E-state index contributed by atoms with van der Waals surface area (Å²) in [7, 11) is 0. The lowest BCUT2D eigenvalue weighted by molar-refractivity contribution is -0.114. The number of nitrogens with zero attached hydrogens (tertiary/aromatic N) is 1. The first-order chi connectivity index (χ1) is 11.5. The third-order valence-electron chi connectivity index (χ3n) is 3.55. The van der Waals surface area contributed by atoms with Crippen LogP contribution >= 0.6 is 22.7 Å². The molecule has 1 aromatic carbocycles. The number of hydrogen-bond donors (Lipinski definition) is 2. The maximum absolute atomic E-state index is 12.4. The monoisotopic (exact) mass is 359 g/mol. The van der Waals surface area contributed by atoms with Crippen LogP contribution in [0.5, 0.6) is 0 Å². The fourth-order valence-corrected chi connectivity index (χ4v) is 4.31. The first kappa shape index (κ1) is 16.6. The second kappa shape index (κ2) is 6.70. The molecule has 0 saturated heterocycles. The largest absolute Gasteiger partial charge is 0.326 e. The average molecular weight is 359 g/mol. The Kier molecular flexibility index (Phi) is 4.64. The van der Waals surface area contributed by atoms with E-state index in [4.69, 9.17) is 0 Å². The van der Waals surface area contributed by atoms with Gasteiger partial charge in [-0.3, -0.25) is 14.9 Å². The van der Waals surface area contributed by atoms with Crippen molar-refractivity contribution in [1.82, 2.24) is 4.98 Å². The average Bonchev–Trinajstić information content (AvgIpc) is 3.08. The summed E-state index contributed by atoms with van der Waals surface area (Å²) in [6, 6.07) is 7.43. The van der Waals surface area contributed by atoms with Crippen LogP contribution in [0.4, 0.5) is 10.8 Å². The van der Waals surface area contributed by atoms with Gasteiger partial charge < -0.3 is 5.32 Å². The van der Waals surface area contributed by atoms with Crippen molar-refractivity contribution in [2.24, 2.45) is 0 Å². The Morgan fingerprint density at radius 3 is 2.62 bits per heavy atom. The molecule has 7 heteroatoms. The number of aromatic nitrogens is 1. The fourth-order valence-electron chi connectivity index (χ4n) is 2.40.